The number of carbonyl (C=O) groups is 1. The third-order valence-corrected chi connectivity index (χ3v) is 6.17. The number of hydrogen-bond donors (Lipinski definition) is 2. The summed E-state index contributed by atoms with van der Waals surface area (Å²) in [6.45, 7) is 1.00. The molecule has 0 aliphatic carbocycles. The number of nitrogens with zero attached hydrogens (tertiary/aromatic N) is 2. The summed E-state index contributed by atoms with van der Waals surface area (Å²) in [4.78, 5) is 30.5. The molecule has 166 valence electrons. The molecule has 5 rings (SSSR count). The Morgan fingerprint density at radius 1 is 1.00 bits per heavy atom. The zero-order valence-electron chi connectivity index (χ0n) is 17.9. The van der Waals surface area contributed by atoms with Crippen molar-refractivity contribution in [2.45, 2.75) is 18.8 Å². The van der Waals surface area contributed by atoms with Gasteiger partial charge in [-0.05, 0) is 36.6 Å². The van der Waals surface area contributed by atoms with E-state index in [0.29, 0.717) is 29.9 Å². The minimum absolute atomic E-state index is 0.0255. The number of H-pyrrole nitrogens is 2. The fraction of sp³-hybridized carbons (Fsp3) is 0.192. The number of halogens is 1. The molecule has 0 saturated carbocycles. The van der Waals surface area contributed by atoms with E-state index >= 15 is 0 Å². The highest BCUT2D eigenvalue weighted by molar-refractivity contribution is 5.94. The van der Waals surface area contributed by atoms with Gasteiger partial charge in [-0.25, -0.2) is 4.39 Å². The third-order valence-electron chi connectivity index (χ3n) is 6.17. The summed E-state index contributed by atoms with van der Waals surface area (Å²) in [5.74, 6) is -0.635. The molecule has 0 bridgehead atoms. The second kappa shape index (κ2) is 8.86. The van der Waals surface area contributed by atoms with Crippen LogP contribution in [0.1, 0.15) is 34.8 Å². The summed E-state index contributed by atoms with van der Waals surface area (Å²) >= 11 is 0. The summed E-state index contributed by atoms with van der Waals surface area (Å²) in [5, 5.41) is 7.16. The zero-order chi connectivity index (χ0) is 22.8. The second-order valence-electron chi connectivity index (χ2n) is 8.25. The lowest BCUT2D eigenvalue weighted by Gasteiger charge is -2.32. The summed E-state index contributed by atoms with van der Waals surface area (Å²) in [6, 6.07) is 19.4. The molecule has 2 aromatic carbocycles. The van der Waals surface area contributed by atoms with Gasteiger partial charge in [0.25, 0.3) is 11.5 Å². The summed E-state index contributed by atoms with van der Waals surface area (Å²) in [6.07, 6.45) is 3.25. The Morgan fingerprint density at radius 2 is 1.79 bits per heavy atom. The van der Waals surface area contributed by atoms with Crippen LogP contribution in [0.5, 0.6) is 0 Å². The average molecular weight is 442 g/mol. The monoisotopic (exact) mass is 442 g/mol. The lowest BCUT2D eigenvalue weighted by Crippen LogP contribution is -2.41. The van der Waals surface area contributed by atoms with Crippen LogP contribution >= 0.6 is 0 Å². The van der Waals surface area contributed by atoms with E-state index in [4.69, 9.17) is 0 Å². The Morgan fingerprint density at radius 3 is 2.58 bits per heavy atom. The molecule has 3 heterocycles. The van der Waals surface area contributed by atoms with E-state index in [9.17, 15) is 14.0 Å². The number of hydrogen-bond acceptors (Lipinski definition) is 3. The number of nitrogens with one attached hydrogen (secondary N) is 2. The van der Waals surface area contributed by atoms with Crippen molar-refractivity contribution in [2.24, 2.45) is 0 Å². The zero-order valence-corrected chi connectivity index (χ0v) is 17.9. The number of amides is 1. The predicted octanol–water partition coefficient (Wildman–Crippen LogP) is 4.59. The van der Waals surface area contributed by atoms with Crippen molar-refractivity contribution < 1.29 is 9.18 Å². The van der Waals surface area contributed by atoms with Gasteiger partial charge < -0.3 is 9.88 Å². The maximum atomic E-state index is 14.4. The summed E-state index contributed by atoms with van der Waals surface area (Å²) in [5.41, 5.74) is 3.26. The lowest BCUT2D eigenvalue weighted by atomic mass is 9.90. The number of pyridine rings is 1. The molecule has 1 aliphatic heterocycles. The minimum atomic E-state index is -0.405. The van der Waals surface area contributed by atoms with Gasteiger partial charge in [0.1, 0.15) is 11.4 Å². The smallest absolute Gasteiger partial charge is 0.261 e. The molecule has 0 spiro atoms. The molecular weight excluding hydrogens is 419 g/mol. The van der Waals surface area contributed by atoms with E-state index < -0.39 is 5.56 Å². The summed E-state index contributed by atoms with van der Waals surface area (Å²) < 4.78 is 14.4. The van der Waals surface area contributed by atoms with Crippen molar-refractivity contribution in [1.82, 2.24) is 20.1 Å². The van der Waals surface area contributed by atoms with E-state index in [1.165, 1.54) is 6.07 Å². The molecule has 1 aliphatic rings. The number of benzene rings is 2. The third kappa shape index (κ3) is 4.09. The van der Waals surface area contributed by atoms with Crippen LogP contribution < -0.4 is 5.56 Å². The predicted molar refractivity (Wildman–Crippen MR) is 124 cm³/mol. The van der Waals surface area contributed by atoms with Gasteiger partial charge in [0, 0.05) is 41.5 Å². The van der Waals surface area contributed by atoms with Crippen molar-refractivity contribution in [3.63, 3.8) is 0 Å². The molecule has 2 aromatic heterocycles. The molecule has 0 radical (unpaired) electrons. The van der Waals surface area contributed by atoms with E-state index in [-0.39, 0.29) is 23.2 Å². The maximum absolute atomic E-state index is 14.4. The van der Waals surface area contributed by atoms with Gasteiger partial charge in [-0.2, -0.15) is 5.10 Å². The highest BCUT2D eigenvalue weighted by atomic mass is 19.1. The van der Waals surface area contributed by atoms with E-state index in [0.717, 1.165) is 24.1 Å². The molecule has 33 heavy (non-hydrogen) atoms. The van der Waals surface area contributed by atoms with Gasteiger partial charge in [0.2, 0.25) is 0 Å². The number of carbonyl (C=O) groups excluding carboxylic acids is 1. The van der Waals surface area contributed by atoms with Crippen LogP contribution in [0.2, 0.25) is 0 Å². The Balaban J connectivity index is 1.38. The average Bonchev–Trinajstić information content (AvgIpc) is 3.34. The van der Waals surface area contributed by atoms with Crippen molar-refractivity contribution >= 4 is 5.91 Å². The Hall–Kier alpha value is -4.00. The van der Waals surface area contributed by atoms with Crippen LogP contribution in [0.3, 0.4) is 0 Å². The normalized spacial score (nSPS) is 16.0. The molecular formula is C26H23FN4O2. The highest BCUT2D eigenvalue weighted by Crippen LogP contribution is 2.34. The molecule has 2 N–H and O–H groups in total. The maximum Gasteiger partial charge on any atom is 0.261 e. The first-order valence-electron chi connectivity index (χ1n) is 11.0. The fourth-order valence-corrected chi connectivity index (χ4v) is 4.50. The van der Waals surface area contributed by atoms with Crippen molar-refractivity contribution in [2.75, 3.05) is 13.1 Å². The van der Waals surface area contributed by atoms with Crippen LogP contribution in [-0.2, 0) is 0 Å². The Labute approximate surface area is 190 Å². The molecule has 1 amide bonds. The number of rotatable bonds is 4. The standard InChI is InChI=1S/C26H23FN4O2/c27-22-11-5-4-10-19(22)21-15-28-30-24(21)18-9-6-14-31(16-18)26(33)20-12-13-23(29-25(20)32)17-7-2-1-3-8-17/h1-5,7-8,10-13,15,18H,6,9,14,16H2,(H,28,30)(H,29,32)/t18-/m0/s1. The van der Waals surface area contributed by atoms with Crippen molar-refractivity contribution in [1.29, 1.82) is 0 Å². The fourth-order valence-electron chi connectivity index (χ4n) is 4.50. The van der Waals surface area contributed by atoms with E-state index in [2.05, 4.69) is 15.2 Å². The SMILES string of the molecule is O=C(c1ccc(-c2ccccc2)[nH]c1=O)N1CCC[C@H](c2[nH]ncc2-c2ccccc2F)C1. The van der Waals surface area contributed by atoms with Gasteiger partial charge in [0.05, 0.1) is 6.20 Å². The number of piperidine rings is 1. The largest absolute Gasteiger partial charge is 0.338 e. The van der Waals surface area contributed by atoms with Crippen LogP contribution in [0.4, 0.5) is 4.39 Å². The number of likely N-dealkylation sites (tertiary alicyclic amines) is 1. The lowest BCUT2D eigenvalue weighted by molar-refractivity contribution is 0.0704. The van der Waals surface area contributed by atoms with Gasteiger partial charge >= 0.3 is 0 Å². The highest BCUT2D eigenvalue weighted by Gasteiger charge is 2.29. The molecule has 0 unspecified atom stereocenters. The molecule has 6 nitrogen and oxygen atoms in total. The molecule has 7 heteroatoms. The first-order valence-corrected chi connectivity index (χ1v) is 11.0. The molecule has 1 saturated heterocycles. The first-order chi connectivity index (χ1) is 16.1. The van der Waals surface area contributed by atoms with Gasteiger partial charge in [-0.1, -0.05) is 48.5 Å². The van der Waals surface area contributed by atoms with Gasteiger partial charge in [0.15, 0.2) is 0 Å². The van der Waals surface area contributed by atoms with Crippen molar-refractivity contribution in [3.8, 4) is 22.4 Å². The van der Waals surface area contributed by atoms with E-state index in [1.54, 1.807) is 41.4 Å². The second-order valence-corrected chi connectivity index (χ2v) is 8.25. The Kier molecular flexibility index (Phi) is 5.60. The molecule has 1 fully saturated rings. The quantitative estimate of drug-likeness (QED) is 0.485. The topological polar surface area (TPSA) is 81.9 Å². The van der Waals surface area contributed by atoms with Crippen LogP contribution in [-0.4, -0.2) is 39.1 Å². The first kappa shape index (κ1) is 20.9. The van der Waals surface area contributed by atoms with Crippen LogP contribution in [0, 0.1) is 5.82 Å². The minimum Gasteiger partial charge on any atom is -0.338 e. The molecule has 1 atom stereocenters. The summed E-state index contributed by atoms with van der Waals surface area (Å²) in [7, 11) is 0. The molecule has 4 aromatic rings. The van der Waals surface area contributed by atoms with E-state index in [1.807, 2.05) is 30.3 Å². The van der Waals surface area contributed by atoms with Gasteiger partial charge in [-0.15, -0.1) is 0 Å². The van der Waals surface area contributed by atoms with Crippen LogP contribution in [0.25, 0.3) is 22.4 Å². The van der Waals surface area contributed by atoms with Crippen molar-refractivity contribution in [3.05, 3.63) is 100 Å². The number of aromatic amines is 2. The number of aromatic nitrogens is 3. The Bertz CT molecular complexity index is 1350. The van der Waals surface area contributed by atoms with Gasteiger partial charge in [-0.3, -0.25) is 14.7 Å². The van der Waals surface area contributed by atoms with Crippen LogP contribution in [0.15, 0.2) is 77.7 Å².